The maximum atomic E-state index is 12.8. The molecule has 2 N–H and O–H groups in total. The smallest absolute Gasteiger partial charge is 0.253 e. The van der Waals surface area contributed by atoms with Crippen LogP contribution in [0.2, 0.25) is 5.02 Å². The van der Waals surface area contributed by atoms with Crippen LogP contribution in [0.1, 0.15) is 37.0 Å². The average molecular weight is 465 g/mol. The zero-order valence-electron chi connectivity index (χ0n) is 17.3. The molecule has 166 valence electrons. The van der Waals surface area contributed by atoms with E-state index >= 15 is 0 Å². The number of carbonyl (C=O) groups excluding carboxylic acids is 2. The lowest BCUT2D eigenvalue weighted by atomic mass is 9.95. The van der Waals surface area contributed by atoms with Crippen molar-refractivity contribution in [3.63, 3.8) is 0 Å². The third kappa shape index (κ3) is 6.03. The number of likely N-dealkylation sites (tertiary alicyclic amines) is 1. The molecule has 1 saturated heterocycles. The van der Waals surface area contributed by atoms with E-state index in [0.29, 0.717) is 42.3 Å². The van der Waals surface area contributed by atoms with E-state index in [-0.39, 0.29) is 28.7 Å². The summed E-state index contributed by atoms with van der Waals surface area (Å²) in [5, 5.41) is 3.27. The number of nitrogens with zero attached hydrogens (tertiary/aromatic N) is 2. The number of rotatable bonds is 6. The summed E-state index contributed by atoms with van der Waals surface area (Å²) in [6.45, 7) is 4.37. The number of pyridine rings is 1. The quantitative estimate of drug-likeness (QED) is 0.683. The van der Waals surface area contributed by atoms with E-state index in [9.17, 15) is 18.0 Å². The number of anilines is 1. The van der Waals surface area contributed by atoms with Gasteiger partial charge in [-0.25, -0.2) is 18.1 Å². The van der Waals surface area contributed by atoms with Crippen molar-refractivity contribution in [2.24, 2.45) is 5.92 Å². The highest BCUT2D eigenvalue weighted by atomic mass is 35.5. The van der Waals surface area contributed by atoms with Crippen molar-refractivity contribution in [3.8, 4) is 0 Å². The second kappa shape index (κ2) is 9.76. The zero-order valence-corrected chi connectivity index (χ0v) is 18.9. The monoisotopic (exact) mass is 464 g/mol. The molecule has 3 rings (SSSR count). The number of amides is 2. The van der Waals surface area contributed by atoms with Crippen LogP contribution in [-0.2, 0) is 14.8 Å². The second-order valence-electron chi connectivity index (χ2n) is 7.72. The Kier molecular flexibility index (Phi) is 7.30. The molecule has 1 aromatic carbocycles. The number of nitrogens with one attached hydrogen (secondary N) is 2. The number of sulfonamides is 1. The number of aromatic nitrogens is 1. The second-order valence-corrected chi connectivity index (χ2v) is 9.87. The minimum atomic E-state index is -3.60. The molecule has 8 nitrogen and oxygen atoms in total. The fourth-order valence-corrected chi connectivity index (χ4v) is 4.72. The molecule has 0 atom stereocenters. The maximum Gasteiger partial charge on any atom is 0.253 e. The number of piperidine rings is 1. The van der Waals surface area contributed by atoms with E-state index in [4.69, 9.17) is 11.6 Å². The van der Waals surface area contributed by atoms with Crippen molar-refractivity contribution in [2.75, 3.05) is 18.4 Å². The Bertz CT molecular complexity index is 1030. The largest absolute Gasteiger partial charge is 0.339 e. The van der Waals surface area contributed by atoms with Crippen molar-refractivity contribution in [1.29, 1.82) is 0 Å². The van der Waals surface area contributed by atoms with E-state index < -0.39 is 10.0 Å². The van der Waals surface area contributed by atoms with Gasteiger partial charge in [0.1, 0.15) is 5.82 Å². The number of carbonyl (C=O) groups is 2. The topological polar surface area (TPSA) is 108 Å². The zero-order chi connectivity index (χ0) is 22.6. The number of halogens is 1. The lowest BCUT2D eigenvalue weighted by Crippen LogP contribution is -2.41. The number of benzene rings is 1. The minimum absolute atomic E-state index is 0.115. The number of hydrogen-bond acceptors (Lipinski definition) is 5. The first kappa shape index (κ1) is 23.2. The third-order valence-corrected chi connectivity index (χ3v) is 6.83. The first-order chi connectivity index (χ1) is 14.7. The fourth-order valence-electron chi connectivity index (χ4n) is 3.36. The molecule has 0 saturated carbocycles. The van der Waals surface area contributed by atoms with Gasteiger partial charge in [-0.2, -0.15) is 0 Å². The summed E-state index contributed by atoms with van der Waals surface area (Å²) in [6, 6.07) is 8.96. The molecule has 1 aromatic heterocycles. The predicted molar refractivity (Wildman–Crippen MR) is 118 cm³/mol. The fraction of sp³-hybridized carbons (Fsp3) is 0.381. The van der Waals surface area contributed by atoms with Gasteiger partial charge in [0.15, 0.2) is 0 Å². The Labute approximate surface area is 187 Å². The first-order valence-corrected chi connectivity index (χ1v) is 11.9. The molecule has 0 bridgehead atoms. The van der Waals surface area contributed by atoms with Crippen molar-refractivity contribution < 1.29 is 18.0 Å². The highest BCUT2D eigenvalue weighted by Crippen LogP contribution is 2.22. The first-order valence-electron chi connectivity index (χ1n) is 10.00. The van der Waals surface area contributed by atoms with Gasteiger partial charge < -0.3 is 10.2 Å². The molecule has 0 unspecified atom stereocenters. The van der Waals surface area contributed by atoms with Gasteiger partial charge in [-0.3, -0.25) is 9.59 Å². The molecule has 0 spiro atoms. The maximum absolute atomic E-state index is 12.8. The van der Waals surface area contributed by atoms with E-state index in [2.05, 4.69) is 15.0 Å². The molecule has 2 heterocycles. The Balaban J connectivity index is 1.56. The molecular formula is C21H25ClN4O4S. The summed E-state index contributed by atoms with van der Waals surface area (Å²) in [5.41, 5.74) is 0.414. The molecular weight excluding hydrogens is 440 g/mol. The van der Waals surface area contributed by atoms with Gasteiger partial charge in [0.25, 0.3) is 5.91 Å². The van der Waals surface area contributed by atoms with Crippen molar-refractivity contribution in [2.45, 2.75) is 37.6 Å². The van der Waals surface area contributed by atoms with Crippen LogP contribution in [0.25, 0.3) is 0 Å². The molecule has 1 aliphatic rings. The Morgan fingerprint density at radius 2 is 1.74 bits per heavy atom. The molecule has 0 aliphatic carbocycles. The van der Waals surface area contributed by atoms with Gasteiger partial charge in [0.2, 0.25) is 15.9 Å². The van der Waals surface area contributed by atoms with Crippen LogP contribution in [0.15, 0.2) is 47.5 Å². The third-order valence-electron chi connectivity index (χ3n) is 4.93. The SMILES string of the molecule is CC(C)NS(=O)(=O)c1ccc(C(=O)N2CCC(C(=O)Nc3ccc(Cl)cn3)CC2)cc1. The van der Waals surface area contributed by atoms with Crippen LogP contribution in [0.3, 0.4) is 0 Å². The summed E-state index contributed by atoms with van der Waals surface area (Å²) >= 11 is 5.80. The van der Waals surface area contributed by atoms with Crippen LogP contribution in [0.5, 0.6) is 0 Å². The summed E-state index contributed by atoms with van der Waals surface area (Å²) in [6.07, 6.45) is 2.54. The molecule has 31 heavy (non-hydrogen) atoms. The Morgan fingerprint density at radius 3 is 2.29 bits per heavy atom. The minimum Gasteiger partial charge on any atom is -0.339 e. The highest BCUT2D eigenvalue weighted by Gasteiger charge is 2.28. The van der Waals surface area contributed by atoms with Gasteiger partial charge in [0, 0.05) is 36.8 Å². The molecule has 1 aliphatic heterocycles. The van der Waals surface area contributed by atoms with Crippen molar-refractivity contribution in [3.05, 3.63) is 53.2 Å². The summed E-state index contributed by atoms with van der Waals surface area (Å²) in [4.78, 5) is 31.1. The molecule has 0 radical (unpaired) electrons. The molecule has 10 heteroatoms. The lowest BCUT2D eigenvalue weighted by Gasteiger charge is -2.31. The van der Waals surface area contributed by atoms with Crippen LogP contribution in [0, 0.1) is 5.92 Å². The van der Waals surface area contributed by atoms with E-state index in [1.54, 1.807) is 30.9 Å². The van der Waals surface area contributed by atoms with Gasteiger partial charge in [-0.15, -0.1) is 0 Å². The standard InChI is InChI=1S/C21H25ClN4O4S/c1-14(2)25-31(29,30)18-6-3-16(4-7-18)21(28)26-11-9-15(10-12-26)20(27)24-19-8-5-17(22)13-23-19/h3-8,13-15,25H,9-12H2,1-2H3,(H,23,24,27). The molecule has 2 aromatic rings. The van der Waals surface area contributed by atoms with Gasteiger partial charge >= 0.3 is 0 Å². The molecule has 2 amide bonds. The average Bonchev–Trinajstić information content (AvgIpc) is 2.74. The van der Waals surface area contributed by atoms with Gasteiger partial charge in [-0.05, 0) is 63.1 Å². The number of hydrogen-bond donors (Lipinski definition) is 2. The van der Waals surface area contributed by atoms with Gasteiger partial charge in [0.05, 0.1) is 9.92 Å². The van der Waals surface area contributed by atoms with Crippen molar-refractivity contribution in [1.82, 2.24) is 14.6 Å². The summed E-state index contributed by atoms with van der Waals surface area (Å²) in [5.74, 6) is -0.0841. The van der Waals surface area contributed by atoms with E-state index in [0.717, 1.165) is 0 Å². The highest BCUT2D eigenvalue weighted by molar-refractivity contribution is 7.89. The summed E-state index contributed by atoms with van der Waals surface area (Å²) < 4.78 is 26.9. The van der Waals surface area contributed by atoms with Crippen LogP contribution < -0.4 is 10.0 Å². The van der Waals surface area contributed by atoms with Crippen LogP contribution in [-0.4, -0.2) is 49.2 Å². The van der Waals surface area contributed by atoms with E-state index in [1.165, 1.54) is 30.5 Å². The van der Waals surface area contributed by atoms with Crippen LogP contribution >= 0.6 is 11.6 Å². The Hall–Kier alpha value is -2.49. The molecule has 1 fully saturated rings. The Morgan fingerprint density at radius 1 is 1.10 bits per heavy atom. The predicted octanol–water partition coefficient (Wildman–Crippen LogP) is 2.91. The van der Waals surface area contributed by atoms with Crippen LogP contribution in [0.4, 0.5) is 5.82 Å². The normalized spacial score (nSPS) is 15.2. The summed E-state index contributed by atoms with van der Waals surface area (Å²) in [7, 11) is -3.60. The lowest BCUT2D eigenvalue weighted by molar-refractivity contribution is -0.121. The van der Waals surface area contributed by atoms with Crippen molar-refractivity contribution >= 4 is 39.3 Å². The van der Waals surface area contributed by atoms with E-state index in [1.807, 2.05) is 0 Å². The van der Waals surface area contributed by atoms with Gasteiger partial charge in [-0.1, -0.05) is 11.6 Å².